The molecule has 0 aromatic heterocycles. The van der Waals surface area contributed by atoms with Crippen LogP contribution in [0.2, 0.25) is 0 Å². The highest BCUT2D eigenvalue weighted by molar-refractivity contribution is 6.04. The second-order valence-corrected chi connectivity index (χ2v) is 4.84. The van der Waals surface area contributed by atoms with Gasteiger partial charge in [0.1, 0.15) is 11.5 Å². The minimum atomic E-state index is -0.127. The van der Waals surface area contributed by atoms with E-state index in [1.165, 1.54) is 0 Å². The molecule has 0 bridgehead atoms. The molecular formula is C17H17NO3. The summed E-state index contributed by atoms with van der Waals surface area (Å²) in [6.07, 6.45) is 0.857. The van der Waals surface area contributed by atoms with Crippen LogP contribution in [0.5, 0.6) is 11.5 Å². The van der Waals surface area contributed by atoms with Gasteiger partial charge in [0.15, 0.2) is 0 Å². The molecule has 0 radical (unpaired) electrons. The van der Waals surface area contributed by atoms with Crippen LogP contribution in [0, 0.1) is 0 Å². The zero-order valence-corrected chi connectivity index (χ0v) is 11.9. The number of hydrogen-bond acceptors (Lipinski definition) is 3. The van der Waals surface area contributed by atoms with Gasteiger partial charge in [0.05, 0.1) is 13.2 Å². The molecule has 2 aromatic rings. The third-order valence-electron chi connectivity index (χ3n) is 3.35. The lowest BCUT2D eigenvalue weighted by atomic mass is 10.1. The van der Waals surface area contributed by atoms with Gasteiger partial charge in [-0.1, -0.05) is 6.07 Å². The van der Waals surface area contributed by atoms with E-state index in [4.69, 9.17) is 9.47 Å². The van der Waals surface area contributed by atoms with Gasteiger partial charge in [0.25, 0.3) is 5.91 Å². The SMILES string of the molecule is CCOc1cccc(NC(=O)c2ccc3c(c2)CCO3)c1. The lowest BCUT2D eigenvalue weighted by Gasteiger charge is -2.08. The smallest absolute Gasteiger partial charge is 0.255 e. The van der Waals surface area contributed by atoms with E-state index in [1.54, 1.807) is 6.07 Å². The highest BCUT2D eigenvalue weighted by atomic mass is 16.5. The Morgan fingerprint density at radius 3 is 3.05 bits per heavy atom. The number of nitrogens with one attached hydrogen (secondary N) is 1. The molecule has 4 heteroatoms. The van der Waals surface area contributed by atoms with Crippen LogP contribution in [0.15, 0.2) is 42.5 Å². The fourth-order valence-electron chi connectivity index (χ4n) is 2.36. The molecule has 2 aromatic carbocycles. The van der Waals surface area contributed by atoms with E-state index in [1.807, 2.05) is 43.3 Å². The van der Waals surface area contributed by atoms with Gasteiger partial charge in [-0.2, -0.15) is 0 Å². The molecule has 1 heterocycles. The zero-order chi connectivity index (χ0) is 14.7. The molecule has 0 spiro atoms. The summed E-state index contributed by atoms with van der Waals surface area (Å²) in [4.78, 5) is 12.3. The molecule has 21 heavy (non-hydrogen) atoms. The third kappa shape index (κ3) is 2.99. The van der Waals surface area contributed by atoms with Crippen LogP contribution in [0.1, 0.15) is 22.8 Å². The maximum atomic E-state index is 12.3. The first kappa shape index (κ1) is 13.5. The molecule has 0 saturated carbocycles. The van der Waals surface area contributed by atoms with Crippen LogP contribution in [-0.2, 0) is 6.42 Å². The first-order valence-electron chi connectivity index (χ1n) is 7.06. The highest BCUT2D eigenvalue weighted by Crippen LogP contribution is 2.26. The van der Waals surface area contributed by atoms with E-state index in [0.29, 0.717) is 18.8 Å². The van der Waals surface area contributed by atoms with Crippen LogP contribution >= 0.6 is 0 Å². The average molecular weight is 283 g/mol. The number of amides is 1. The molecule has 0 unspecified atom stereocenters. The summed E-state index contributed by atoms with van der Waals surface area (Å²) in [6, 6.07) is 12.9. The Labute approximate surface area is 123 Å². The number of anilines is 1. The summed E-state index contributed by atoms with van der Waals surface area (Å²) < 4.78 is 10.9. The van der Waals surface area contributed by atoms with Crippen molar-refractivity contribution in [3.05, 3.63) is 53.6 Å². The number of ether oxygens (including phenoxy) is 2. The van der Waals surface area contributed by atoms with E-state index in [-0.39, 0.29) is 5.91 Å². The van der Waals surface area contributed by atoms with E-state index in [0.717, 1.165) is 29.2 Å². The lowest BCUT2D eigenvalue weighted by molar-refractivity contribution is 0.102. The fourth-order valence-corrected chi connectivity index (χ4v) is 2.36. The van der Waals surface area contributed by atoms with Gasteiger partial charge in [-0.15, -0.1) is 0 Å². The number of carbonyl (C=O) groups is 1. The molecule has 108 valence electrons. The lowest BCUT2D eigenvalue weighted by Crippen LogP contribution is -2.12. The second-order valence-electron chi connectivity index (χ2n) is 4.84. The monoisotopic (exact) mass is 283 g/mol. The molecule has 0 atom stereocenters. The summed E-state index contributed by atoms with van der Waals surface area (Å²) in [5.74, 6) is 1.50. The van der Waals surface area contributed by atoms with Gasteiger partial charge in [-0.25, -0.2) is 0 Å². The average Bonchev–Trinajstić information content (AvgIpc) is 2.95. The van der Waals surface area contributed by atoms with E-state index >= 15 is 0 Å². The van der Waals surface area contributed by atoms with Gasteiger partial charge in [0.2, 0.25) is 0 Å². The van der Waals surface area contributed by atoms with Crippen molar-refractivity contribution in [3.8, 4) is 11.5 Å². The molecule has 0 aliphatic carbocycles. The maximum absolute atomic E-state index is 12.3. The number of fused-ring (bicyclic) bond motifs is 1. The van der Waals surface area contributed by atoms with Crippen molar-refractivity contribution >= 4 is 11.6 Å². The summed E-state index contributed by atoms with van der Waals surface area (Å²) in [5.41, 5.74) is 2.45. The topological polar surface area (TPSA) is 47.6 Å². The van der Waals surface area contributed by atoms with E-state index in [2.05, 4.69) is 5.32 Å². The van der Waals surface area contributed by atoms with Gasteiger partial charge >= 0.3 is 0 Å². The quantitative estimate of drug-likeness (QED) is 0.936. The minimum absolute atomic E-state index is 0.127. The Morgan fingerprint density at radius 1 is 1.29 bits per heavy atom. The molecule has 1 aliphatic heterocycles. The first-order chi connectivity index (χ1) is 10.3. The van der Waals surface area contributed by atoms with Crippen molar-refractivity contribution in [1.82, 2.24) is 0 Å². The Morgan fingerprint density at radius 2 is 2.19 bits per heavy atom. The molecule has 1 aliphatic rings. The van der Waals surface area contributed by atoms with Gasteiger partial charge < -0.3 is 14.8 Å². The van der Waals surface area contributed by atoms with E-state index < -0.39 is 0 Å². The number of rotatable bonds is 4. The molecule has 1 N–H and O–H groups in total. The number of carbonyl (C=O) groups excluding carboxylic acids is 1. The maximum Gasteiger partial charge on any atom is 0.255 e. The van der Waals surface area contributed by atoms with Crippen molar-refractivity contribution < 1.29 is 14.3 Å². The van der Waals surface area contributed by atoms with Crippen molar-refractivity contribution in [2.24, 2.45) is 0 Å². The largest absolute Gasteiger partial charge is 0.494 e. The molecule has 0 fully saturated rings. The van der Waals surface area contributed by atoms with Crippen LogP contribution in [-0.4, -0.2) is 19.1 Å². The van der Waals surface area contributed by atoms with Gasteiger partial charge in [0, 0.05) is 23.7 Å². The van der Waals surface area contributed by atoms with E-state index in [9.17, 15) is 4.79 Å². The second kappa shape index (κ2) is 5.87. The van der Waals surface area contributed by atoms with Crippen molar-refractivity contribution in [1.29, 1.82) is 0 Å². The molecule has 0 saturated heterocycles. The summed E-state index contributed by atoms with van der Waals surface area (Å²) in [5, 5.41) is 2.89. The van der Waals surface area contributed by atoms with Crippen LogP contribution in [0.3, 0.4) is 0 Å². The summed E-state index contributed by atoms with van der Waals surface area (Å²) >= 11 is 0. The number of hydrogen-bond donors (Lipinski definition) is 1. The van der Waals surface area contributed by atoms with Gasteiger partial charge in [-0.3, -0.25) is 4.79 Å². The van der Waals surface area contributed by atoms with Crippen molar-refractivity contribution in [3.63, 3.8) is 0 Å². The summed E-state index contributed by atoms with van der Waals surface area (Å²) in [7, 11) is 0. The predicted molar refractivity (Wildman–Crippen MR) is 81.2 cm³/mol. The molecular weight excluding hydrogens is 266 g/mol. The number of benzene rings is 2. The summed E-state index contributed by atoms with van der Waals surface area (Å²) in [6.45, 7) is 3.22. The molecule has 4 nitrogen and oxygen atoms in total. The van der Waals surface area contributed by atoms with Gasteiger partial charge in [-0.05, 0) is 42.8 Å². The van der Waals surface area contributed by atoms with Crippen molar-refractivity contribution in [2.75, 3.05) is 18.5 Å². The van der Waals surface area contributed by atoms with Crippen LogP contribution < -0.4 is 14.8 Å². The molecule has 3 rings (SSSR count). The minimum Gasteiger partial charge on any atom is -0.494 e. The normalized spacial score (nSPS) is 12.4. The zero-order valence-electron chi connectivity index (χ0n) is 11.9. The van der Waals surface area contributed by atoms with Crippen LogP contribution in [0.4, 0.5) is 5.69 Å². The first-order valence-corrected chi connectivity index (χ1v) is 7.06. The van der Waals surface area contributed by atoms with Crippen LogP contribution in [0.25, 0.3) is 0 Å². The fraction of sp³-hybridized carbons (Fsp3) is 0.235. The Bertz CT molecular complexity index is 667. The Balaban J connectivity index is 1.75. The highest BCUT2D eigenvalue weighted by Gasteiger charge is 2.15. The Hall–Kier alpha value is -2.49. The standard InChI is InChI=1S/C17H17NO3/c1-2-20-15-5-3-4-14(11-15)18-17(19)13-6-7-16-12(10-13)8-9-21-16/h3-7,10-11H,2,8-9H2,1H3,(H,18,19). The molecule has 1 amide bonds. The Kier molecular flexibility index (Phi) is 3.77. The predicted octanol–water partition coefficient (Wildman–Crippen LogP) is 3.27. The third-order valence-corrected chi connectivity index (χ3v) is 3.35. The van der Waals surface area contributed by atoms with Crippen molar-refractivity contribution in [2.45, 2.75) is 13.3 Å².